The third-order valence-electron chi connectivity index (χ3n) is 3.59. The van der Waals surface area contributed by atoms with E-state index < -0.39 is 17.5 Å². The van der Waals surface area contributed by atoms with Gasteiger partial charge < -0.3 is 15.6 Å². The zero-order valence-electron chi connectivity index (χ0n) is 18.8. The third-order valence-corrected chi connectivity index (χ3v) is 3.59. The number of hydrogen-bond acceptors (Lipinski definition) is 7. The summed E-state index contributed by atoms with van der Waals surface area (Å²) in [5.74, 6) is -0.497. The van der Waals surface area contributed by atoms with Gasteiger partial charge in [0, 0.05) is 12.3 Å². The molecule has 0 atom stereocenters. The van der Waals surface area contributed by atoms with Crippen LogP contribution in [0.5, 0.6) is 0 Å². The molecule has 7 heteroatoms. The fourth-order valence-corrected chi connectivity index (χ4v) is 1.99. The van der Waals surface area contributed by atoms with Crippen molar-refractivity contribution in [1.29, 1.82) is 0 Å². The SMILES string of the molecule is CC(C)C(=O)CC(=O)CC(C)(C)O.CC(C)CN.CC1(C)CC(=O)OC(=O)C1. The molecular weight excluding hydrogens is 362 g/mol. The lowest BCUT2D eigenvalue weighted by Gasteiger charge is -2.25. The van der Waals surface area contributed by atoms with Crippen LogP contribution in [-0.4, -0.2) is 40.8 Å². The monoisotopic (exact) mass is 401 g/mol. The minimum absolute atomic E-state index is 0.0471. The largest absolute Gasteiger partial charge is 0.393 e. The number of carbonyl (C=O) groups excluding carboxylic acids is 4. The van der Waals surface area contributed by atoms with E-state index in [0.717, 1.165) is 6.54 Å². The Morgan fingerprint density at radius 1 is 1.11 bits per heavy atom. The molecule has 1 rings (SSSR count). The van der Waals surface area contributed by atoms with Crippen LogP contribution in [0.3, 0.4) is 0 Å². The first-order valence-corrected chi connectivity index (χ1v) is 9.69. The van der Waals surface area contributed by atoms with Gasteiger partial charge in [-0.2, -0.15) is 0 Å². The summed E-state index contributed by atoms with van der Waals surface area (Å²) in [4.78, 5) is 43.6. The first-order valence-electron chi connectivity index (χ1n) is 9.69. The van der Waals surface area contributed by atoms with Gasteiger partial charge in [-0.1, -0.05) is 41.5 Å². The van der Waals surface area contributed by atoms with E-state index in [1.807, 2.05) is 13.8 Å². The van der Waals surface area contributed by atoms with Crippen LogP contribution in [0.15, 0.2) is 0 Å². The van der Waals surface area contributed by atoms with Crippen LogP contribution in [-0.2, 0) is 23.9 Å². The van der Waals surface area contributed by atoms with E-state index in [0.29, 0.717) is 18.8 Å². The highest BCUT2D eigenvalue weighted by Gasteiger charge is 2.33. The molecule has 0 aliphatic carbocycles. The summed E-state index contributed by atoms with van der Waals surface area (Å²) >= 11 is 0. The van der Waals surface area contributed by atoms with Gasteiger partial charge in [0.2, 0.25) is 0 Å². The minimum atomic E-state index is -1.01. The molecule has 0 aromatic heterocycles. The van der Waals surface area contributed by atoms with Crippen molar-refractivity contribution in [2.45, 2.75) is 86.7 Å². The van der Waals surface area contributed by atoms with Crippen molar-refractivity contribution in [3.63, 3.8) is 0 Å². The highest BCUT2D eigenvalue weighted by atomic mass is 16.6. The Balaban J connectivity index is 0. The number of ether oxygens (including phenoxy) is 1. The molecule has 0 saturated carbocycles. The quantitative estimate of drug-likeness (QED) is 0.518. The molecule has 1 aliphatic heterocycles. The molecule has 0 aromatic rings. The Morgan fingerprint density at radius 3 is 1.75 bits per heavy atom. The summed E-state index contributed by atoms with van der Waals surface area (Å²) in [6.07, 6.45) is 0.685. The van der Waals surface area contributed by atoms with Gasteiger partial charge in [-0.15, -0.1) is 0 Å². The van der Waals surface area contributed by atoms with Crippen molar-refractivity contribution in [2.24, 2.45) is 23.0 Å². The van der Waals surface area contributed by atoms with E-state index in [4.69, 9.17) is 5.73 Å². The summed E-state index contributed by atoms with van der Waals surface area (Å²) in [7, 11) is 0. The molecule has 0 spiro atoms. The number of Topliss-reactive ketones (excluding diaryl/α,β-unsaturated/α-hetero) is 2. The van der Waals surface area contributed by atoms with E-state index in [9.17, 15) is 24.3 Å². The van der Waals surface area contributed by atoms with Gasteiger partial charge in [0.15, 0.2) is 0 Å². The molecule has 1 heterocycles. The first kappa shape index (κ1) is 28.6. The Morgan fingerprint density at radius 2 is 1.50 bits per heavy atom. The second-order valence-corrected chi connectivity index (χ2v) is 9.32. The predicted molar refractivity (Wildman–Crippen MR) is 108 cm³/mol. The summed E-state index contributed by atoms with van der Waals surface area (Å²) in [5, 5.41) is 9.31. The van der Waals surface area contributed by atoms with E-state index in [-0.39, 0.29) is 35.7 Å². The van der Waals surface area contributed by atoms with E-state index >= 15 is 0 Å². The molecule has 0 amide bonds. The molecule has 1 aliphatic rings. The molecule has 1 saturated heterocycles. The lowest BCUT2D eigenvalue weighted by atomic mass is 9.84. The van der Waals surface area contributed by atoms with Crippen molar-refractivity contribution in [1.82, 2.24) is 0 Å². The Bertz CT molecular complexity index is 512. The fourth-order valence-electron chi connectivity index (χ4n) is 1.99. The third kappa shape index (κ3) is 17.8. The van der Waals surface area contributed by atoms with Crippen LogP contribution in [0.25, 0.3) is 0 Å². The van der Waals surface area contributed by atoms with Gasteiger partial charge in [0.05, 0.1) is 24.9 Å². The van der Waals surface area contributed by atoms with Gasteiger partial charge in [-0.25, -0.2) is 0 Å². The molecule has 0 aromatic carbocycles. The number of rotatable bonds is 6. The second-order valence-electron chi connectivity index (χ2n) is 9.32. The number of ketones is 2. The lowest BCUT2D eigenvalue weighted by molar-refractivity contribution is -0.168. The first-order chi connectivity index (χ1) is 12.5. The zero-order valence-corrected chi connectivity index (χ0v) is 18.8. The predicted octanol–water partition coefficient (Wildman–Crippen LogP) is 2.81. The van der Waals surface area contributed by atoms with Gasteiger partial charge >= 0.3 is 11.9 Å². The summed E-state index contributed by atoms with van der Waals surface area (Å²) in [6.45, 7) is 15.4. The molecule has 0 unspecified atom stereocenters. The molecule has 0 radical (unpaired) electrons. The van der Waals surface area contributed by atoms with Gasteiger partial charge in [-0.3, -0.25) is 19.2 Å². The fraction of sp³-hybridized carbons (Fsp3) is 0.810. The maximum atomic E-state index is 11.2. The molecule has 1 fully saturated rings. The van der Waals surface area contributed by atoms with E-state index in [2.05, 4.69) is 18.6 Å². The van der Waals surface area contributed by atoms with E-state index in [1.54, 1.807) is 27.7 Å². The topological polar surface area (TPSA) is 124 Å². The van der Waals surface area contributed by atoms with Crippen LogP contribution in [0, 0.1) is 17.3 Å². The van der Waals surface area contributed by atoms with Crippen LogP contribution in [0.2, 0.25) is 0 Å². The van der Waals surface area contributed by atoms with Crippen LogP contribution >= 0.6 is 0 Å². The summed E-state index contributed by atoms with van der Waals surface area (Å²) < 4.78 is 4.34. The molecule has 7 nitrogen and oxygen atoms in total. The van der Waals surface area contributed by atoms with Gasteiger partial charge in [-0.05, 0) is 31.7 Å². The number of cyclic esters (lactones) is 2. The van der Waals surface area contributed by atoms with E-state index in [1.165, 1.54) is 0 Å². The molecular formula is C21H39NO6. The molecule has 28 heavy (non-hydrogen) atoms. The minimum Gasteiger partial charge on any atom is -0.393 e. The van der Waals surface area contributed by atoms with Gasteiger partial charge in [0.1, 0.15) is 11.6 Å². The van der Waals surface area contributed by atoms with Crippen LogP contribution in [0.4, 0.5) is 0 Å². The Labute approximate surface area is 169 Å². The number of carbonyl (C=O) groups is 4. The highest BCUT2D eigenvalue weighted by Crippen LogP contribution is 2.29. The molecule has 3 N–H and O–H groups in total. The number of nitrogens with two attached hydrogens (primary N) is 1. The van der Waals surface area contributed by atoms with Crippen molar-refractivity contribution in [3.8, 4) is 0 Å². The molecule has 164 valence electrons. The Hall–Kier alpha value is -1.60. The number of aliphatic hydroxyl groups is 1. The average molecular weight is 402 g/mol. The van der Waals surface area contributed by atoms with Crippen molar-refractivity contribution < 1.29 is 29.0 Å². The maximum Gasteiger partial charge on any atom is 0.313 e. The normalized spacial score (nSPS) is 15.9. The Kier molecular flexibility index (Phi) is 13.1. The highest BCUT2D eigenvalue weighted by molar-refractivity contribution is 6.00. The second kappa shape index (κ2) is 12.8. The van der Waals surface area contributed by atoms with Crippen molar-refractivity contribution in [2.75, 3.05) is 6.54 Å². The maximum absolute atomic E-state index is 11.2. The van der Waals surface area contributed by atoms with Crippen LogP contribution in [0.1, 0.15) is 81.1 Å². The number of esters is 2. The van der Waals surface area contributed by atoms with Crippen LogP contribution < -0.4 is 5.73 Å². The van der Waals surface area contributed by atoms with Gasteiger partial charge in [0.25, 0.3) is 0 Å². The summed E-state index contributed by atoms with van der Waals surface area (Å²) in [6, 6.07) is 0. The molecule has 0 bridgehead atoms. The zero-order chi connectivity index (χ0) is 22.7. The smallest absolute Gasteiger partial charge is 0.313 e. The number of hydrogen-bond donors (Lipinski definition) is 2. The summed E-state index contributed by atoms with van der Waals surface area (Å²) in [5.41, 5.74) is 3.96. The standard InChI is InChI=1S/C10H18O3.C7H10O3.C4H11N/c1-7(2)9(12)5-8(11)6-10(3,4)13;1-7(2)3-5(8)10-6(9)4-7;1-4(2)3-5/h7,13H,5-6H2,1-4H3;3-4H2,1-2H3;4H,3,5H2,1-2H3. The van der Waals surface area contributed by atoms with Crippen molar-refractivity contribution >= 4 is 23.5 Å². The average Bonchev–Trinajstić information content (AvgIpc) is 2.43. The lowest BCUT2D eigenvalue weighted by Crippen LogP contribution is -2.30. The van der Waals surface area contributed by atoms with Crippen molar-refractivity contribution in [3.05, 3.63) is 0 Å².